The van der Waals surface area contributed by atoms with E-state index in [1.165, 1.54) is 7.11 Å². The first-order valence-electron chi connectivity index (χ1n) is 10.5. The molecule has 2 atom stereocenters. The molecule has 1 aliphatic rings. The van der Waals surface area contributed by atoms with Gasteiger partial charge in [0.25, 0.3) is 0 Å². The van der Waals surface area contributed by atoms with Crippen molar-refractivity contribution in [2.24, 2.45) is 0 Å². The van der Waals surface area contributed by atoms with Crippen LogP contribution in [0.5, 0.6) is 11.5 Å². The molecule has 3 heterocycles. The predicted octanol–water partition coefficient (Wildman–Crippen LogP) is 4.23. The smallest absolute Gasteiger partial charge is 0.344 e. The number of hydrogen-bond donors (Lipinski definition) is 1. The molecule has 7 heteroatoms. The van der Waals surface area contributed by atoms with Crippen molar-refractivity contribution in [3.8, 4) is 11.5 Å². The summed E-state index contributed by atoms with van der Waals surface area (Å²) in [7, 11) is 1.41. The molecule has 1 N–H and O–H groups in total. The molecule has 5 rings (SSSR count). The summed E-state index contributed by atoms with van der Waals surface area (Å²) in [5.74, 6) is -0.979. The van der Waals surface area contributed by atoms with Gasteiger partial charge in [0.05, 0.1) is 27.8 Å². The van der Waals surface area contributed by atoms with Crippen LogP contribution < -0.4 is 16.0 Å². The van der Waals surface area contributed by atoms with E-state index in [1.807, 2.05) is 32.0 Å². The van der Waals surface area contributed by atoms with Gasteiger partial charge in [-0.1, -0.05) is 26.0 Å². The lowest BCUT2D eigenvalue weighted by atomic mass is 9.91. The minimum Gasteiger partial charge on any atom is -0.507 e. The maximum Gasteiger partial charge on any atom is 0.344 e. The summed E-state index contributed by atoms with van der Waals surface area (Å²) in [5.41, 5.74) is 1.28. The number of rotatable bonds is 4. The van der Waals surface area contributed by atoms with Gasteiger partial charge in [0, 0.05) is 7.11 Å². The fourth-order valence-corrected chi connectivity index (χ4v) is 4.37. The molecule has 0 spiro atoms. The van der Waals surface area contributed by atoms with Gasteiger partial charge in [-0.2, -0.15) is 0 Å². The molecule has 164 valence electrons. The van der Waals surface area contributed by atoms with Crippen LogP contribution in [0.1, 0.15) is 42.0 Å². The quantitative estimate of drug-likeness (QED) is 0.480. The second-order valence-electron chi connectivity index (χ2n) is 7.85. The monoisotopic (exact) mass is 434 g/mol. The molecule has 4 aromatic rings. The van der Waals surface area contributed by atoms with Crippen molar-refractivity contribution >= 4 is 21.9 Å². The number of aryl methyl sites for hydroxylation is 2. The molecule has 0 aliphatic carbocycles. The summed E-state index contributed by atoms with van der Waals surface area (Å²) in [6.07, 6.45) is 0.531. The molecule has 0 bridgehead atoms. The van der Waals surface area contributed by atoms with Gasteiger partial charge in [-0.05, 0) is 48.2 Å². The van der Waals surface area contributed by atoms with Crippen LogP contribution in [0.15, 0.2) is 54.8 Å². The molecular formula is C25H22O7. The van der Waals surface area contributed by atoms with Gasteiger partial charge in [0.2, 0.25) is 6.29 Å². The van der Waals surface area contributed by atoms with E-state index in [0.29, 0.717) is 16.4 Å². The normalized spacial score (nSPS) is 17.6. The molecule has 0 saturated heterocycles. The number of ether oxygens (including phenoxy) is 2. The molecule has 0 saturated carbocycles. The van der Waals surface area contributed by atoms with Crippen molar-refractivity contribution in [2.75, 3.05) is 7.11 Å². The maximum absolute atomic E-state index is 13.0. The minimum atomic E-state index is -1.01. The highest BCUT2D eigenvalue weighted by molar-refractivity contribution is 5.88. The number of benzene rings is 2. The van der Waals surface area contributed by atoms with Crippen LogP contribution in [-0.4, -0.2) is 18.5 Å². The fraction of sp³-hybridized carbons (Fsp3) is 0.280. The number of hydrogen-bond acceptors (Lipinski definition) is 7. The van der Waals surface area contributed by atoms with Crippen LogP contribution in [0.25, 0.3) is 21.9 Å². The van der Waals surface area contributed by atoms with Gasteiger partial charge in [-0.25, -0.2) is 9.59 Å². The minimum absolute atomic E-state index is 0.0934. The van der Waals surface area contributed by atoms with Crippen LogP contribution in [0, 0.1) is 0 Å². The summed E-state index contributed by atoms with van der Waals surface area (Å²) >= 11 is 0. The topological polar surface area (TPSA) is 99.1 Å². The Morgan fingerprint density at radius 2 is 1.44 bits per heavy atom. The van der Waals surface area contributed by atoms with Crippen molar-refractivity contribution in [1.82, 2.24) is 0 Å². The molecule has 2 unspecified atom stereocenters. The molecule has 7 nitrogen and oxygen atoms in total. The van der Waals surface area contributed by atoms with Gasteiger partial charge in [-0.3, -0.25) is 0 Å². The van der Waals surface area contributed by atoms with Gasteiger partial charge in [0.15, 0.2) is 0 Å². The fourth-order valence-electron chi connectivity index (χ4n) is 4.37. The Hall–Kier alpha value is -3.58. The Bertz CT molecular complexity index is 1480. The first-order valence-corrected chi connectivity index (χ1v) is 10.5. The third kappa shape index (κ3) is 2.92. The van der Waals surface area contributed by atoms with Crippen molar-refractivity contribution in [3.63, 3.8) is 0 Å². The van der Waals surface area contributed by atoms with Crippen molar-refractivity contribution < 1.29 is 23.4 Å². The highest BCUT2D eigenvalue weighted by atomic mass is 16.7. The molecule has 0 fully saturated rings. The largest absolute Gasteiger partial charge is 0.507 e. The van der Waals surface area contributed by atoms with Gasteiger partial charge in [-0.15, -0.1) is 0 Å². The first-order chi connectivity index (χ1) is 15.5. The Kier molecular flexibility index (Phi) is 4.78. The Morgan fingerprint density at radius 1 is 0.875 bits per heavy atom. The first kappa shape index (κ1) is 20.3. The summed E-state index contributed by atoms with van der Waals surface area (Å²) in [6.45, 7) is 3.99. The number of fused-ring (bicyclic) bond motifs is 4. The zero-order valence-electron chi connectivity index (χ0n) is 17.9. The molecular weight excluding hydrogens is 412 g/mol. The third-order valence-corrected chi connectivity index (χ3v) is 6.11. The van der Waals surface area contributed by atoms with E-state index in [-0.39, 0.29) is 28.2 Å². The number of aromatic hydroxyl groups is 1. The summed E-state index contributed by atoms with van der Waals surface area (Å²) in [4.78, 5) is 26.0. The van der Waals surface area contributed by atoms with Gasteiger partial charge < -0.3 is 23.4 Å². The van der Waals surface area contributed by atoms with E-state index >= 15 is 0 Å². The average molecular weight is 434 g/mol. The Balaban J connectivity index is 1.78. The second kappa shape index (κ2) is 7.53. The third-order valence-electron chi connectivity index (χ3n) is 6.11. The molecule has 2 aromatic heterocycles. The van der Waals surface area contributed by atoms with E-state index in [2.05, 4.69) is 0 Å². The zero-order chi connectivity index (χ0) is 22.6. The zero-order valence-corrected chi connectivity index (χ0v) is 17.9. The lowest BCUT2D eigenvalue weighted by Gasteiger charge is -2.17. The summed E-state index contributed by atoms with van der Waals surface area (Å²) in [5, 5.41) is 12.0. The maximum atomic E-state index is 13.0. The van der Waals surface area contributed by atoms with Crippen LogP contribution in [-0.2, 0) is 17.6 Å². The van der Waals surface area contributed by atoms with Crippen molar-refractivity contribution in [2.45, 2.75) is 38.9 Å². The Labute approximate surface area is 182 Å². The van der Waals surface area contributed by atoms with Gasteiger partial charge in [0.1, 0.15) is 22.7 Å². The van der Waals surface area contributed by atoms with E-state index in [9.17, 15) is 14.7 Å². The summed E-state index contributed by atoms with van der Waals surface area (Å²) < 4.78 is 22.6. The second-order valence-corrected chi connectivity index (χ2v) is 7.85. The van der Waals surface area contributed by atoms with Crippen molar-refractivity contribution in [1.29, 1.82) is 0 Å². The SMILES string of the molecule is CCc1ccc2c(O)c(C3c4c(c5ccc(CC)cc5oc4=O)OC3OC)c(=O)oc2c1. The standard InChI is InChI=1S/C25H22O7/c1-4-12-6-8-14-16(10-12)30-23(27)19(21(14)26)18-20-22(32-25(18)29-3)15-9-7-13(5-2)11-17(15)31-24(20)28/h6-11,18,25-26H,4-5H2,1-3H3. The van der Waals surface area contributed by atoms with Crippen LogP contribution in [0.4, 0.5) is 0 Å². The highest BCUT2D eigenvalue weighted by Gasteiger charge is 2.44. The van der Waals surface area contributed by atoms with Crippen LogP contribution >= 0.6 is 0 Å². The van der Waals surface area contributed by atoms with Crippen LogP contribution in [0.2, 0.25) is 0 Å². The molecule has 0 amide bonds. The number of methoxy groups -OCH3 is 1. The van der Waals surface area contributed by atoms with E-state index < -0.39 is 23.5 Å². The molecule has 32 heavy (non-hydrogen) atoms. The van der Waals surface area contributed by atoms with Crippen LogP contribution in [0.3, 0.4) is 0 Å². The Morgan fingerprint density at radius 3 is 2.03 bits per heavy atom. The molecule has 1 aliphatic heterocycles. The average Bonchev–Trinajstić information content (AvgIpc) is 3.18. The van der Waals surface area contributed by atoms with E-state index in [1.54, 1.807) is 18.2 Å². The van der Waals surface area contributed by atoms with E-state index in [0.717, 1.165) is 24.0 Å². The van der Waals surface area contributed by atoms with Gasteiger partial charge >= 0.3 is 11.3 Å². The lowest BCUT2D eigenvalue weighted by molar-refractivity contribution is -0.0472. The predicted molar refractivity (Wildman–Crippen MR) is 119 cm³/mol. The van der Waals surface area contributed by atoms with Crippen molar-refractivity contribution in [3.05, 3.63) is 79.5 Å². The summed E-state index contributed by atoms with van der Waals surface area (Å²) in [6, 6.07) is 10.8. The molecule has 0 radical (unpaired) electrons. The lowest BCUT2D eigenvalue weighted by Crippen LogP contribution is -2.28. The highest BCUT2D eigenvalue weighted by Crippen LogP contribution is 2.46. The molecule has 2 aromatic carbocycles. The van der Waals surface area contributed by atoms with E-state index in [4.69, 9.17) is 18.3 Å².